The van der Waals surface area contributed by atoms with Gasteiger partial charge in [-0.2, -0.15) is 0 Å². The Morgan fingerprint density at radius 3 is 2.75 bits per heavy atom. The number of rotatable bonds is 4. The summed E-state index contributed by atoms with van der Waals surface area (Å²) in [7, 11) is 0. The van der Waals surface area contributed by atoms with Crippen molar-refractivity contribution in [1.29, 1.82) is 0 Å². The zero-order chi connectivity index (χ0) is 24.9. The molecule has 2 aliphatic heterocycles. The molecule has 1 aromatic heterocycles. The predicted molar refractivity (Wildman–Crippen MR) is 133 cm³/mol. The van der Waals surface area contributed by atoms with Crippen LogP contribution in [0, 0.1) is 0 Å². The Kier molecular flexibility index (Phi) is 5.34. The highest BCUT2D eigenvalue weighted by Gasteiger charge is 2.51. The molecule has 3 aliphatic rings. The van der Waals surface area contributed by atoms with E-state index in [-0.39, 0.29) is 30.3 Å². The number of hydrogen-bond donors (Lipinski definition) is 2. The van der Waals surface area contributed by atoms with Crippen LogP contribution in [0.1, 0.15) is 35.2 Å². The first-order chi connectivity index (χ1) is 17.4. The van der Waals surface area contributed by atoms with Crippen LogP contribution in [0.4, 0.5) is 11.5 Å². The van der Waals surface area contributed by atoms with E-state index < -0.39 is 11.5 Å². The fourth-order valence-corrected chi connectivity index (χ4v) is 5.62. The lowest BCUT2D eigenvalue weighted by molar-refractivity contribution is -0.159. The molecule has 0 radical (unpaired) electrons. The molecule has 36 heavy (non-hydrogen) atoms. The number of anilines is 2. The van der Waals surface area contributed by atoms with Crippen molar-refractivity contribution in [2.24, 2.45) is 0 Å². The Morgan fingerprint density at radius 1 is 1.11 bits per heavy atom. The van der Waals surface area contributed by atoms with E-state index in [0.717, 1.165) is 22.3 Å². The van der Waals surface area contributed by atoms with Crippen molar-refractivity contribution in [2.75, 3.05) is 23.8 Å². The molecule has 1 spiro atoms. The summed E-state index contributed by atoms with van der Waals surface area (Å²) in [6.07, 6.45) is 2.23. The number of benzene rings is 2. The fourth-order valence-electron chi connectivity index (χ4n) is 5.62. The van der Waals surface area contributed by atoms with E-state index in [1.54, 1.807) is 18.0 Å². The lowest BCUT2D eigenvalue weighted by Crippen LogP contribution is -2.51. The minimum atomic E-state index is -0.659. The van der Waals surface area contributed by atoms with Crippen LogP contribution in [0.3, 0.4) is 0 Å². The Morgan fingerprint density at radius 2 is 1.92 bits per heavy atom. The molecule has 3 amide bonds. The number of fused-ring (bicyclic) bond motifs is 3. The molecule has 2 aromatic carbocycles. The van der Waals surface area contributed by atoms with Crippen molar-refractivity contribution in [1.82, 2.24) is 9.88 Å². The van der Waals surface area contributed by atoms with Gasteiger partial charge in [0.2, 0.25) is 11.8 Å². The van der Waals surface area contributed by atoms with Crippen LogP contribution in [0.15, 0.2) is 66.9 Å². The summed E-state index contributed by atoms with van der Waals surface area (Å²) in [4.78, 5) is 44.8. The Labute approximate surface area is 208 Å². The molecule has 2 N–H and O–H groups in total. The average Bonchev–Trinajstić information content (AvgIpc) is 3.40. The molecule has 1 aliphatic carbocycles. The van der Waals surface area contributed by atoms with Gasteiger partial charge >= 0.3 is 0 Å². The van der Waals surface area contributed by atoms with Crippen LogP contribution < -0.4 is 10.6 Å². The van der Waals surface area contributed by atoms with Crippen molar-refractivity contribution >= 4 is 29.2 Å². The summed E-state index contributed by atoms with van der Waals surface area (Å²) >= 11 is 0. The van der Waals surface area contributed by atoms with Crippen molar-refractivity contribution in [2.45, 2.75) is 37.3 Å². The third-order valence-corrected chi connectivity index (χ3v) is 7.47. The predicted octanol–water partition coefficient (Wildman–Crippen LogP) is 3.00. The second-order valence-electron chi connectivity index (χ2n) is 9.69. The van der Waals surface area contributed by atoms with Crippen molar-refractivity contribution in [3.05, 3.63) is 89.1 Å². The summed E-state index contributed by atoms with van der Waals surface area (Å²) < 4.78 is 5.66. The minimum Gasteiger partial charge on any atom is -0.366 e. The summed E-state index contributed by atoms with van der Waals surface area (Å²) in [5, 5.41) is 5.86. The number of ether oxygens (including phenoxy) is 1. The quantitative estimate of drug-likeness (QED) is 0.596. The molecule has 1 saturated heterocycles. The van der Waals surface area contributed by atoms with E-state index >= 15 is 0 Å². The summed E-state index contributed by atoms with van der Waals surface area (Å²) in [6, 6.07) is 18.8. The lowest BCUT2D eigenvalue weighted by Gasteiger charge is -2.38. The average molecular weight is 483 g/mol. The van der Waals surface area contributed by atoms with Crippen molar-refractivity contribution < 1.29 is 19.1 Å². The highest BCUT2D eigenvalue weighted by molar-refractivity contribution is 6.06. The number of nitrogens with one attached hydrogen (secondary N) is 2. The van der Waals surface area contributed by atoms with Gasteiger partial charge in [0.25, 0.3) is 5.91 Å². The van der Waals surface area contributed by atoms with Gasteiger partial charge in [0.05, 0.1) is 18.1 Å². The van der Waals surface area contributed by atoms with Gasteiger partial charge in [-0.05, 0) is 54.7 Å². The van der Waals surface area contributed by atoms with Crippen LogP contribution in [0.25, 0.3) is 0 Å². The van der Waals surface area contributed by atoms with Crippen molar-refractivity contribution in [3.8, 4) is 0 Å². The van der Waals surface area contributed by atoms with E-state index in [2.05, 4.69) is 15.6 Å². The van der Waals surface area contributed by atoms with Crippen LogP contribution >= 0.6 is 0 Å². The molecule has 0 bridgehead atoms. The molecule has 8 heteroatoms. The first-order valence-electron chi connectivity index (χ1n) is 12.1. The minimum absolute atomic E-state index is 0.0371. The van der Waals surface area contributed by atoms with Gasteiger partial charge in [0.15, 0.2) is 0 Å². The molecule has 0 saturated carbocycles. The number of carbonyl (C=O) groups is 3. The zero-order valence-electron chi connectivity index (χ0n) is 19.9. The van der Waals surface area contributed by atoms with E-state index in [0.29, 0.717) is 31.0 Å². The molecule has 3 heterocycles. The van der Waals surface area contributed by atoms with E-state index in [1.807, 2.05) is 60.7 Å². The molecule has 1 fully saturated rings. The van der Waals surface area contributed by atoms with Gasteiger partial charge in [-0.3, -0.25) is 14.4 Å². The van der Waals surface area contributed by atoms with Crippen LogP contribution in [0.5, 0.6) is 0 Å². The van der Waals surface area contributed by atoms with Crippen molar-refractivity contribution in [3.63, 3.8) is 0 Å². The third-order valence-electron chi connectivity index (χ3n) is 7.47. The SMILES string of the molecule is C[C@H]1OC[C@@H](c2ccccc2)N(CC(=O)Nc2ccc3c(c2)C[C@@]2(C3)C(=O)Nc3ncccc32)C1=O. The molecule has 6 rings (SSSR count). The zero-order valence-corrected chi connectivity index (χ0v) is 19.9. The standard InChI is InChI=1S/C28H26N4O4/c1-17-26(34)32(23(16-36-17)18-6-3-2-4-7-18)15-24(33)30-21-10-9-19-13-28(14-20(19)12-21)22-8-5-11-29-25(22)31-27(28)35/h2-12,17,23H,13-16H2,1H3,(H,30,33)(H,29,31,35)/t17-,23+,28-/m1/s1. The van der Waals surface area contributed by atoms with E-state index in [9.17, 15) is 14.4 Å². The number of carbonyl (C=O) groups excluding carboxylic acids is 3. The van der Waals surface area contributed by atoms with E-state index in [4.69, 9.17) is 4.74 Å². The third kappa shape index (κ3) is 3.65. The van der Waals surface area contributed by atoms with Gasteiger partial charge < -0.3 is 20.3 Å². The maximum Gasteiger partial charge on any atom is 0.252 e. The maximum atomic E-state index is 13.1. The molecular weight excluding hydrogens is 456 g/mol. The largest absolute Gasteiger partial charge is 0.366 e. The summed E-state index contributed by atoms with van der Waals surface area (Å²) in [5.74, 6) is 0.103. The summed E-state index contributed by atoms with van der Waals surface area (Å²) in [5.41, 5.74) is 3.94. The maximum absolute atomic E-state index is 13.1. The molecule has 0 unspecified atom stereocenters. The number of morpholine rings is 1. The number of pyridine rings is 1. The van der Waals surface area contributed by atoms with Gasteiger partial charge in [-0.15, -0.1) is 0 Å². The van der Waals surface area contributed by atoms with Gasteiger partial charge in [-0.1, -0.05) is 42.5 Å². The first kappa shape index (κ1) is 22.4. The van der Waals surface area contributed by atoms with Crippen LogP contribution in [0.2, 0.25) is 0 Å². The monoisotopic (exact) mass is 482 g/mol. The Balaban J connectivity index is 1.19. The van der Waals surface area contributed by atoms with E-state index in [1.165, 1.54) is 0 Å². The summed E-state index contributed by atoms with van der Waals surface area (Å²) in [6.45, 7) is 1.97. The molecule has 182 valence electrons. The Bertz CT molecular complexity index is 1370. The highest BCUT2D eigenvalue weighted by atomic mass is 16.5. The number of amides is 3. The molecule has 3 atom stereocenters. The Hall–Kier alpha value is -4.04. The van der Waals surface area contributed by atoms with Crippen LogP contribution in [-0.4, -0.2) is 46.9 Å². The van der Waals surface area contributed by atoms with Gasteiger partial charge in [0.1, 0.15) is 18.5 Å². The molecule has 8 nitrogen and oxygen atoms in total. The normalized spacial score (nSPS) is 24.4. The van der Waals surface area contributed by atoms with Gasteiger partial charge in [0, 0.05) is 17.4 Å². The lowest BCUT2D eigenvalue weighted by atomic mass is 9.79. The number of hydrogen-bond acceptors (Lipinski definition) is 5. The smallest absolute Gasteiger partial charge is 0.252 e. The highest BCUT2D eigenvalue weighted by Crippen LogP contribution is 2.46. The van der Waals surface area contributed by atoms with Crippen LogP contribution in [-0.2, 0) is 37.4 Å². The molecule has 3 aromatic rings. The fraction of sp³-hybridized carbons (Fsp3) is 0.286. The number of nitrogens with zero attached hydrogens (tertiary/aromatic N) is 2. The second kappa shape index (κ2) is 8.57. The topological polar surface area (TPSA) is 101 Å². The first-order valence-corrected chi connectivity index (χ1v) is 12.1. The number of aromatic nitrogens is 1. The van der Waals surface area contributed by atoms with Gasteiger partial charge in [-0.25, -0.2) is 4.98 Å². The molecular formula is C28H26N4O4. The second-order valence-corrected chi connectivity index (χ2v) is 9.69.